The number of halogens is 1. The molecule has 1 aromatic rings. The molecule has 3 heterocycles. The lowest BCUT2D eigenvalue weighted by Crippen LogP contribution is -2.52. The van der Waals surface area contributed by atoms with Gasteiger partial charge in [0.05, 0.1) is 5.56 Å². The summed E-state index contributed by atoms with van der Waals surface area (Å²) in [6.07, 6.45) is 2.81. The van der Waals surface area contributed by atoms with Gasteiger partial charge in [-0.3, -0.25) is 4.79 Å². The van der Waals surface area contributed by atoms with Crippen molar-refractivity contribution in [2.75, 3.05) is 26.2 Å². The van der Waals surface area contributed by atoms with Gasteiger partial charge >= 0.3 is 0 Å². The number of carbonyl (C=O) groups is 1. The molecule has 1 aromatic heterocycles. The van der Waals surface area contributed by atoms with Gasteiger partial charge in [-0.25, -0.2) is 4.98 Å². The third-order valence-corrected chi connectivity index (χ3v) is 3.97. The van der Waals surface area contributed by atoms with Gasteiger partial charge in [0.2, 0.25) is 0 Å². The molecule has 3 rings (SSSR count). The highest BCUT2D eigenvalue weighted by Gasteiger charge is 2.32. The van der Waals surface area contributed by atoms with Crippen molar-refractivity contribution >= 4 is 17.5 Å². The third kappa shape index (κ3) is 2.35. The molecule has 18 heavy (non-hydrogen) atoms. The number of likely N-dealkylation sites (tertiary alicyclic amines) is 1. The Bertz CT molecular complexity index is 436. The van der Waals surface area contributed by atoms with Crippen LogP contribution in [0, 0.1) is 11.8 Å². The predicted molar refractivity (Wildman–Crippen MR) is 69.6 cm³/mol. The van der Waals surface area contributed by atoms with Crippen LogP contribution in [0.2, 0.25) is 5.15 Å². The number of nitrogens with zero attached hydrogens (tertiary/aromatic N) is 2. The first-order valence-corrected chi connectivity index (χ1v) is 6.71. The first-order valence-electron chi connectivity index (χ1n) is 6.34. The van der Waals surface area contributed by atoms with Crippen LogP contribution in [0.15, 0.2) is 18.3 Å². The molecule has 0 radical (unpaired) electrons. The maximum atomic E-state index is 12.4. The molecular weight excluding hydrogens is 250 g/mol. The first-order chi connectivity index (χ1) is 8.72. The molecule has 2 aliphatic rings. The number of fused-ring (bicyclic) bond motifs is 2. The highest BCUT2D eigenvalue weighted by atomic mass is 35.5. The molecule has 2 aliphatic heterocycles. The van der Waals surface area contributed by atoms with Crippen molar-refractivity contribution in [3.63, 3.8) is 0 Å². The summed E-state index contributed by atoms with van der Waals surface area (Å²) < 4.78 is 0. The minimum absolute atomic E-state index is 0.0794. The number of amides is 1. The zero-order valence-corrected chi connectivity index (χ0v) is 10.9. The van der Waals surface area contributed by atoms with Crippen LogP contribution in [0.3, 0.4) is 0 Å². The Kier molecular flexibility index (Phi) is 3.22. The SMILES string of the molecule is O=C(c1ccc(Cl)nc1)N1C[C@@H]2CNC[C@@H](C2)C1. The van der Waals surface area contributed by atoms with E-state index in [0.717, 1.165) is 26.2 Å². The van der Waals surface area contributed by atoms with Gasteiger partial charge in [0.1, 0.15) is 5.15 Å². The number of hydrogen-bond acceptors (Lipinski definition) is 3. The van der Waals surface area contributed by atoms with Crippen molar-refractivity contribution in [2.45, 2.75) is 6.42 Å². The highest BCUT2D eigenvalue weighted by Crippen LogP contribution is 2.25. The van der Waals surface area contributed by atoms with E-state index in [9.17, 15) is 4.79 Å². The fraction of sp³-hybridized carbons (Fsp3) is 0.538. The van der Waals surface area contributed by atoms with Crippen molar-refractivity contribution in [2.24, 2.45) is 11.8 Å². The van der Waals surface area contributed by atoms with Crippen LogP contribution in [-0.2, 0) is 0 Å². The molecule has 1 N–H and O–H groups in total. The average Bonchev–Trinajstić information content (AvgIpc) is 2.38. The van der Waals surface area contributed by atoms with E-state index in [1.54, 1.807) is 18.3 Å². The van der Waals surface area contributed by atoms with Crippen LogP contribution in [0.1, 0.15) is 16.8 Å². The predicted octanol–water partition coefficient (Wildman–Crippen LogP) is 1.42. The molecule has 0 saturated carbocycles. The van der Waals surface area contributed by atoms with Crippen molar-refractivity contribution in [3.05, 3.63) is 29.0 Å². The summed E-state index contributed by atoms with van der Waals surface area (Å²) in [4.78, 5) is 18.3. The molecular formula is C13H16ClN3O. The smallest absolute Gasteiger partial charge is 0.255 e. The first kappa shape index (κ1) is 11.9. The molecule has 96 valence electrons. The number of aromatic nitrogens is 1. The van der Waals surface area contributed by atoms with Crippen LogP contribution in [0.25, 0.3) is 0 Å². The third-order valence-electron chi connectivity index (χ3n) is 3.75. The van der Waals surface area contributed by atoms with Crippen molar-refractivity contribution < 1.29 is 4.79 Å². The van der Waals surface area contributed by atoms with Crippen LogP contribution in [0.5, 0.6) is 0 Å². The molecule has 5 heteroatoms. The van der Waals surface area contributed by atoms with Crippen molar-refractivity contribution in [3.8, 4) is 0 Å². The van der Waals surface area contributed by atoms with Gasteiger partial charge in [0.15, 0.2) is 0 Å². The molecule has 2 bridgehead atoms. The summed E-state index contributed by atoms with van der Waals surface area (Å²) in [6.45, 7) is 3.76. The Morgan fingerprint density at radius 1 is 1.33 bits per heavy atom. The molecule has 4 nitrogen and oxygen atoms in total. The topological polar surface area (TPSA) is 45.2 Å². The van der Waals surface area contributed by atoms with Gasteiger partial charge < -0.3 is 10.2 Å². The summed E-state index contributed by atoms with van der Waals surface area (Å²) >= 11 is 5.74. The second-order valence-electron chi connectivity index (χ2n) is 5.21. The zero-order valence-electron chi connectivity index (χ0n) is 10.1. The normalized spacial score (nSPS) is 27.1. The Balaban J connectivity index is 1.74. The zero-order chi connectivity index (χ0) is 12.5. The summed E-state index contributed by atoms with van der Waals surface area (Å²) in [6, 6.07) is 3.42. The second-order valence-corrected chi connectivity index (χ2v) is 5.59. The van der Waals surface area contributed by atoms with Gasteiger partial charge in [0, 0.05) is 19.3 Å². The molecule has 2 fully saturated rings. The largest absolute Gasteiger partial charge is 0.338 e. The number of hydrogen-bond donors (Lipinski definition) is 1. The second kappa shape index (κ2) is 4.86. The van der Waals surface area contributed by atoms with Crippen molar-refractivity contribution in [1.29, 1.82) is 0 Å². The number of nitrogens with one attached hydrogen (secondary N) is 1. The summed E-state index contributed by atoms with van der Waals surface area (Å²) in [7, 11) is 0. The molecule has 0 spiro atoms. The fourth-order valence-corrected chi connectivity index (χ4v) is 3.07. The highest BCUT2D eigenvalue weighted by molar-refractivity contribution is 6.29. The number of piperidine rings is 2. The minimum Gasteiger partial charge on any atom is -0.338 e. The quantitative estimate of drug-likeness (QED) is 0.781. The number of carbonyl (C=O) groups excluding carboxylic acids is 1. The Hall–Kier alpha value is -1.13. The Morgan fingerprint density at radius 3 is 2.67 bits per heavy atom. The van der Waals surface area contributed by atoms with E-state index in [4.69, 9.17) is 11.6 Å². The van der Waals surface area contributed by atoms with Gasteiger partial charge in [0.25, 0.3) is 5.91 Å². The van der Waals surface area contributed by atoms with Gasteiger partial charge in [-0.1, -0.05) is 11.6 Å². The van der Waals surface area contributed by atoms with E-state index < -0.39 is 0 Å². The molecule has 0 aromatic carbocycles. The maximum absolute atomic E-state index is 12.4. The van der Waals surface area contributed by atoms with E-state index in [-0.39, 0.29) is 5.91 Å². The standard InChI is InChI=1S/C13H16ClN3O/c14-12-2-1-11(6-16-12)13(18)17-7-9-3-10(8-17)5-15-4-9/h1-2,6,9-10,15H,3-5,7-8H2/t9-,10+. The summed E-state index contributed by atoms with van der Waals surface area (Å²) in [5.74, 6) is 1.28. The van der Waals surface area contributed by atoms with Crippen LogP contribution >= 0.6 is 11.6 Å². The average molecular weight is 266 g/mol. The summed E-state index contributed by atoms with van der Waals surface area (Å²) in [5.41, 5.74) is 0.632. The Labute approximate surface area is 111 Å². The fourth-order valence-electron chi connectivity index (χ4n) is 2.96. The van der Waals surface area contributed by atoms with E-state index in [1.165, 1.54) is 6.42 Å². The minimum atomic E-state index is 0.0794. The van der Waals surface area contributed by atoms with Crippen LogP contribution in [0.4, 0.5) is 0 Å². The van der Waals surface area contributed by atoms with Gasteiger partial charge in [-0.2, -0.15) is 0 Å². The monoisotopic (exact) mass is 265 g/mol. The molecule has 2 saturated heterocycles. The van der Waals surface area contributed by atoms with Gasteiger partial charge in [-0.05, 0) is 43.5 Å². The lowest BCUT2D eigenvalue weighted by Gasteiger charge is -2.41. The lowest BCUT2D eigenvalue weighted by molar-refractivity contribution is 0.0537. The maximum Gasteiger partial charge on any atom is 0.255 e. The van der Waals surface area contributed by atoms with E-state index in [0.29, 0.717) is 22.6 Å². The Morgan fingerprint density at radius 2 is 2.06 bits per heavy atom. The molecule has 2 atom stereocenters. The van der Waals surface area contributed by atoms with Crippen molar-refractivity contribution in [1.82, 2.24) is 15.2 Å². The van der Waals surface area contributed by atoms with E-state index in [2.05, 4.69) is 10.3 Å². The van der Waals surface area contributed by atoms with Gasteiger partial charge in [-0.15, -0.1) is 0 Å². The van der Waals surface area contributed by atoms with E-state index >= 15 is 0 Å². The van der Waals surface area contributed by atoms with Crippen LogP contribution < -0.4 is 5.32 Å². The number of pyridine rings is 1. The molecule has 1 amide bonds. The lowest BCUT2D eigenvalue weighted by atomic mass is 9.85. The van der Waals surface area contributed by atoms with Crippen LogP contribution in [-0.4, -0.2) is 42.0 Å². The number of rotatable bonds is 1. The van der Waals surface area contributed by atoms with E-state index in [1.807, 2.05) is 4.90 Å². The molecule has 0 aliphatic carbocycles. The molecule has 0 unspecified atom stereocenters. The summed E-state index contributed by atoms with van der Waals surface area (Å²) in [5, 5.41) is 3.85.